The first-order valence-electron chi connectivity index (χ1n) is 5.86. The molecular weight excluding hydrogens is 318 g/mol. The summed E-state index contributed by atoms with van der Waals surface area (Å²) in [4.78, 5) is 16.3. The quantitative estimate of drug-likeness (QED) is 0.706. The first kappa shape index (κ1) is 13.9. The van der Waals surface area contributed by atoms with Gasteiger partial charge in [-0.2, -0.15) is 0 Å². The van der Waals surface area contributed by atoms with Crippen LogP contribution in [-0.4, -0.2) is 10.9 Å². The number of anilines is 1. The number of hydrogen-bond donors (Lipinski definition) is 1. The Hall–Kier alpha value is -2.05. The fourth-order valence-corrected chi connectivity index (χ4v) is 2.88. The van der Waals surface area contributed by atoms with E-state index in [4.69, 9.17) is 11.6 Å². The lowest BCUT2D eigenvalue weighted by molar-refractivity contribution is 0.102. The third-order valence-corrected chi connectivity index (χ3v) is 4.03. The Labute approximate surface area is 127 Å². The largest absolute Gasteiger partial charge is 0.298 e. The van der Waals surface area contributed by atoms with Gasteiger partial charge in [0.05, 0.1) is 20.8 Å². The van der Waals surface area contributed by atoms with Crippen molar-refractivity contribution in [3.63, 3.8) is 0 Å². The van der Waals surface area contributed by atoms with Gasteiger partial charge in [0.2, 0.25) is 0 Å². The fourth-order valence-electron chi connectivity index (χ4n) is 1.79. The Morgan fingerprint density at radius 2 is 1.90 bits per heavy atom. The SMILES string of the molecule is O=C(Nc1nc2ccccc2s1)c1cc(F)c(F)cc1Cl. The number of fused-ring (bicyclic) bond motifs is 1. The van der Waals surface area contributed by atoms with Gasteiger partial charge >= 0.3 is 0 Å². The minimum Gasteiger partial charge on any atom is -0.298 e. The molecule has 2 aromatic carbocycles. The van der Waals surface area contributed by atoms with Crippen molar-refractivity contribution in [1.82, 2.24) is 4.98 Å². The number of para-hydroxylation sites is 1. The standard InChI is InChI=1S/C14H7ClF2N2OS/c15-8-6-10(17)9(16)5-7(8)13(20)19-14-18-11-3-1-2-4-12(11)21-14/h1-6H,(H,18,19,20). The van der Waals surface area contributed by atoms with Gasteiger partial charge in [0.25, 0.3) is 5.91 Å². The summed E-state index contributed by atoms with van der Waals surface area (Å²) < 4.78 is 27.1. The maximum Gasteiger partial charge on any atom is 0.259 e. The van der Waals surface area contributed by atoms with Crippen LogP contribution in [-0.2, 0) is 0 Å². The van der Waals surface area contributed by atoms with Crippen LogP contribution in [0, 0.1) is 11.6 Å². The Bertz CT molecular complexity index is 817. The second-order valence-electron chi connectivity index (χ2n) is 4.19. The van der Waals surface area contributed by atoms with E-state index in [1.54, 1.807) is 0 Å². The van der Waals surface area contributed by atoms with Crippen molar-refractivity contribution in [2.24, 2.45) is 0 Å². The molecule has 1 aromatic heterocycles. The van der Waals surface area contributed by atoms with E-state index in [1.165, 1.54) is 11.3 Å². The molecule has 0 atom stereocenters. The summed E-state index contributed by atoms with van der Waals surface area (Å²) >= 11 is 7.04. The molecule has 1 amide bonds. The van der Waals surface area contributed by atoms with Crippen LogP contribution < -0.4 is 5.32 Å². The molecule has 0 aliphatic carbocycles. The highest BCUT2D eigenvalue weighted by Gasteiger charge is 2.16. The molecule has 3 aromatic rings. The van der Waals surface area contributed by atoms with E-state index < -0.39 is 17.5 Å². The highest BCUT2D eigenvalue weighted by atomic mass is 35.5. The first-order valence-corrected chi connectivity index (χ1v) is 7.05. The van der Waals surface area contributed by atoms with E-state index >= 15 is 0 Å². The van der Waals surface area contributed by atoms with Crippen LogP contribution in [0.15, 0.2) is 36.4 Å². The summed E-state index contributed by atoms with van der Waals surface area (Å²) in [5.41, 5.74) is 0.601. The zero-order chi connectivity index (χ0) is 15.0. The Morgan fingerprint density at radius 1 is 1.19 bits per heavy atom. The average Bonchev–Trinajstić information content (AvgIpc) is 2.84. The van der Waals surface area contributed by atoms with E-state index in [-0.39, 0.29) is 10.6 Å². The van der Waals surface area contributed by atoms with Gasteiger partial charge < -0.3 is 0 Å². The lowest BCUT2D eigenvalue weighted by Crippen LogP contribution is -2.13. The topological polar surface area (TPSA) is 42.0 Å². The van der Waals surface area contributed by atoms with E-state index in [1.807, 2.05) is 24.3 Å². The predicted octanol–water partition coefficient (Wildman–Crippen LogP) is 4.48. The van der Waals surface area contributed by atoms with Crippen LogP contribution in [0.4, 0.5) is 13.9 Å². The van der Waals surface area contributed by atoms with Crippen molar-refractivity contribution in [2.75, 3.05) is 5.32 Å². The molecule has 0 radical (unpaired) electrons. The van der Waals surface area contributed by atoms with Crippen molar-refractivity contribution in [3.8, 4) is 0 Å². The fraction of sp³-hybridized carbons (Fsp3) is 0. The summed E-state index contributed by atoms with van der Waals surface area (Å²) in [5, 5.41) is 2.73. The van der Waals surface area contributed by atoms with Crippen LogP contribution in [0.1, 0.15) is 10.4 Å². The van der Waals surface area contributed by atoms with Gasteiger partial charge in [0.15, 0.2) is 16.8 Å². The molecule has 0 spiro atoms. The number of nitrogens with one attached hydrogen (secondary N) is 1. The van der Waals surface area contributed by atoms with Crippen LogP contribution in [0.2, 0.25) is 5.02 Å². The van der Waals surface area contributed by atoms with Gasteiger partial charge in [-0.15, -0.1) is 0 Å². The van der Waals surface area contributed by atoms with Crippen molar-refractivity contribution < 1.29 is 13.6 Å². The van der Waals surface area contributed by atoms with Crippen molar-refractivity contribution in [3.05, 3.63) is 58.6 Å². The molecule has 0 saturated heterocycles. The average molecular weight is 325 g/mol. The second kappa shape index (κ2) is 5.38. The molecule has 1 N–H and O–H groups in total. The third-order valence-electron chi connectivity index (χ3n) is 2.77. The van der Waals surface area contributed by atoms with E-state index in [9.17, 15) is 13.6 Å². The molecule has 3 rings (SSSR count). The number of nitrogens with zero attached hydrogens (tertiary/aromatic N) is 1. The number of carbonyl (C=O) groups excluding carboxylic acids is 1. The lowest BCUT2D eigenvalue weighted by atomic mass is 10.2. The van der Waals surface area contributed by atoms with Crippen molar-refractivity contribution in [2.45, 2.75) is 0 Å². The molecule has 0 aliphatic heterocycles. The van der Waals surface area contributed by atoms with Crippen LogP contribution in [0.3, 0.4) is 0 Å². The van der Waals surface area contributed by atoms with Gasteiger partial charge in [0, 0.05) is 0 Å². The van der Waals surface area contributed by atoms with E-state index in [0.29, 0.717) is 5.13 Å². The number of carbonyl (C=O) groups is 1. The Morgan fingerprint density at radius 3 is 2.67 bits per heavy atom. The van der Waals surface area contributed by atoms with E-state index in [0.717, 1.165) is 22.3 Å². The van der Waals surface area contributed by atoms with Crippen LogP contribution in [0.5, 0.6) is 0 Å². The van der Waals surface area contributed by atoms with Crippen molar-refractivity contribution >= 4 is 44.2 Å². The highest BCUT2D eigenvalue weighted by molar-refractivity contribution is 7.22. The molecular formula is C14H7ClF2N2OS. The molecule has 0 saturated carbocycles. The summed E-state index contributed by atoms with van der Waals surface area (Å²) in [7, 11) is 0. The summed E-state index contributed by atoms with van der Waals surface area (Å²) in [6, 6.07) is 8.90. The number of halogens is 3. The molecule has 0 fully saturated rings. The summed E-state index contributed by atoms with van der Waals surface area (Å²) in [5.74, 6) is -2.87. The smallest absolute Gasteiger partial charge is 0.259 e. The van der Waals surface area contributed by atoms with Gasteiger partial charge in [0.1, 0.15) is 0 Å². The molecule has 7 heteroatoms. The Kier molecular flexibility index (Phi) is 3.57. The van der Waals surface area contributed by atoms with Crippen LogP contribution >= 0.6 is 22.9 Å². The number of benzene rings is 2. The predicted molar refractivity (Wildman–Crippen MR) is 78.9 cm³/mol. The number of rotatable bonds is 2. The summed E-state index contributed by atoms with van der Waals surface area (Å²) in [6.45, 7) is 0. The molecule has 106 valence electrons. The van der Waals surface area contributed by atoms with Crippen LogP contribution in [0.25, 0.3) is 10.2 Å². The molecule has 3 nitrogen and oxygen atoms in total. The van der Waals surface area contributed by atoms with Gasteiger partial charge in [-0.1, -0.05) is 35.1 Å². The summed E-state index contributed by atoms with van der Waals surface area (Å²) in [6.07, 6.45) is 0. The number of thiazole rings is 1. The number of hydrogen-bond acceptors (Lipinski definition) is 3. The third kappa shape index (κ3) is 2.72. The maximum absolute atomic E-state index is 13.2. The normalized spacial score (nSPS) is 10.8. The maximum atomic E-state index is 13.2. The molecule has 0 bridgehead atoms. The highest BCUT2D eigenvalue weighted by Crippen LogP contribution is 2.27. The molecule has 0 aliphatic rings. The minimum atomic E-state index is -1.13. The minimum absolute atomic E-state index is 0.144. The van der Waals surface area contributed by atoms with E-state index in [2.05, 4.69) is 10.3 Å². The zero-order valence-corrected chi connectivity index (χ0v) is 11.9. The second-order valence-corrected chi connectivity index (χ2v) is 5.62. The van der Waals surface area contributed by atoms with Crippen molar-refractivity contribution in [1.29, 1.82) is 0 Å². The first-order chi connectivity index (χ1) is 10.0. The number of amides is 1. The molecule has 21 heavy (non-hydrogen) atoms. The monoisotopic (exact) mass is 324 g/mol. The zero-order valence-electron chi connectivity index (χ0n) is 10.4. The van der Waals surface area contributed by atoms with Gasteiger partial charge in [-0.05, 0) is 24.3 Å². The van der Waals surface area contributed by atoms with Gasteiger partial charge in [-0.3, -0.25) is 10.1 Å². The van der Waals surface area contributed by atoms with Gasteiger partial charge in [-0.25, -0.2) is 13.8 Å². The lowest BCUT2D eigenvalue weighted by Gasteiger charge is -2.04. The molecule has 0 unspecified atom stereocenters. The molecule has 1 heterocycles. The number of aromatic nitrogens is 1. The Balaban J connectivity index is 1.91.